The molecule has 0 aliphatic carbocycles. The van der Waals surface area contributed by atoms with Gasteiger partial charge < -0.3 is 31.1 Å². The molecule has 12 heteroatoms. The summed E-state index contributed by atoms with van der Waals surface area (Å²) in [4.78, 5) is 31.2. The van der Waals surface area contributed by atoms with E-state index in [-0.39, 0.29) is 23.1 Å². The fourth-order valence-electron chi connectivity index (χ4n) is 4.24. The standard InChI is InChI=1S/C26H27FN8O3/c1-26(37)7-9-35(10-8-26)21-12-20(38-2)19(14-29-21)33-25-30-13-16(27)24(34-25)32-18-11-15-5-3-4-6-17(15)31-22(18)23(28)36/h3-6,11-14,37H,7-10H2,1-2H3,(H2,28,36)(H2,30,32,33,34). The maximum absolute atomic E-state index is 14.7. The van der Waals surface area contributed by atoms with Gasteiger partial charge in [-0.1, -0.05) is 18.2 Å². The van der Waals surface area contributed by atoms with Gasteiger partial charge in [-0.25, -0.2) is 19.3 Å². The Labute approximate surface area is 217 Å². The Hall–Kier alpha value is -4.58. The monoisotopic (exact) mass is 518 g/mol. The number of ether oxygens (including phenoxy) is 1. The number of halogens is 1. The van der Waals surface area contributed by atoms with Crippen LogP contribution >= 0.6 is 0 Å². The summed E-state index contributed by atoms with van der Waals surface area (Å²) in [5.74, 6) is -0.395. The number of pyridine rings is 2. The minimum atomic E-state index is -0.765. The summed E-state index contributed by atoms with van der Waals surface area (Å²) in [6, 6.07) is 10.6. The first kappa shape index (κ1) is 25.1. The van der Waals surface area contributed by atoms with Crippen molar-refractivity contribution in [2.75, 3.05) is 35.7 Å². The van der Waals surface area contributed by atoms with Crippen molar-refractivity contribution < 1.29 is 19.0 Å². The number of aliphatic hydroxyl groups is 1. The summed E-state index contributed by atoms with van der Waals surface area (Å²) in [7, 11) is 1.53. The van der Waals surface area contributed by atoms with E-state index in [9.17, 15) is 14.3 Å². The SMILES string of the molecule is COc1cc(N2CCC(C)(O)CC2)ncc1Nc1ncc(F)c(Nc2cc3ccccc3nc2C(N)=O)n1. The van der Waals surface area contributed by atoms with Crippen LogP contribution in [0.25, 0.3) is 10.9 Å². The number of carbonyl (C=O) groups is 1. The van der Waals surface area contributed by atoms with Gasteiger partial charge in [-0.3, -0.25) is 4.79 Å². The van der Waals surface area contributed by atoms with Crippen LogP contribution in [0.4, 0.5) is 33.3 Å². The second kappa shape index (κ2) is 10.1. The first-order valence-corrected chi connectivity index (χ1v) is 12.0. The molecule has 1 amide bonds. The van der Waals surface area contributed by atoms with Crippen molar-refractivity contribution in [3.8, 4) is 5.75 Å². The molecule has 4 aromatic rings. The minimum absolute atomic E-state index is 0.0445. The van der Waals surface area contributed by atoms with Crippen LogP contribution in [0, 0.1) is 5.82 Å². The molecular weight excluding hydrogens is 491 g/mol. The van der Waals surface area contributed by atoms with Gasteiger partial charge in [0.15, 0.2) is 17.3 Å². The number of anilines is 5. The molecule has 11 nitrogen and oxygen atoms in total. The molecule has 1 aliphatic heterocycles. The summed E-state index contributed by atoms with van der Waals surface area (Å²) in [6.07, 6.45) is 3.87. The maximum Gasteiger partial charge on any atom is 0.269 e. The van der Waals surface area contributed by atoms with E-state index in [1.807, 2.05) is 19.1 Å². The third kappa shape index (κ3) is 5.25. The lowest BCUT2D eigenvalue weighted by atomic mass is 9.94. The molecule has 196 valence electrons. The van der Waals surface area contributed by atoms with Crippen molar-refractivity contribution in [3.63, 3.8) is 0 Å². The molecule has 38 heavy (non-hydrogen) atoms. The largest absolute Gasteiger partial charge is 0.494 e. The number of carbonyl (C=O) groups excluding carboxylic acids is 1. The molecule has 1 aromatic carbocycles. The van der Waals surface area contributed by atoms with Gasteiger partial charge in [-0.05, 0) is 31.9 Å². The lowest BCUT2D eigenvalue weighted by Crippen LogP contribution is -2.42. The molecule has 5 N–H and O–H groups in total. The average Bonchev–Trinajstić information content (AvgIpc) is 2.90. The van der Waals surface area contributed by atoms with E-state index in [0.29, 0.717) is 48.7 Å². The number of nitrogens with two attached hydrogens (primary N) is 1. The summed E-state index contributed by atoms with van der Waals surface area (Å²) in [5, 5.41) is 16.8. The third-order valence-corrected chi connectivity index (χ3v) is 6.44. The van der Waals surface area contributed by atoms with Gasteiger partial charge in [0, 0.05) is 24.5 Å². The lowest BCUT2D eigenvalue weighted by Gasteiger charge is -2.36. The van der Waals surface area contributed by atoms with E-state index in [2.05, 4.69) is 35.5 Å². The van der Waals surface area contributed by atoms with E-state index < -0.39 is 17.3 Å². The van der Waals surface area contributed by atoms with Gasteiger partial charge in [0.05, 0.1) is 36.3 Å². The van der Waals surface area contributed by atoms with E-state index in [1.54, 1.807) is 30.5 Å². The normalized spacial score (nSPS) is 14.8. The second-order valence-electron chi connectivity index (χ2n) is 9.31. The number of para-hydroxylation sites is 1. The van der Waals surface area contributed by atoms with Crippen LogP contribution in [-0.4, -0.2) is 56.7 Å². The van der Waals surface area contributed by atoms with Gasteiger partial charge in [0.25, 0.3) is 5.91 Å². The molecule has 1 aliphatic rings. The van der Waals surface area contributed by atoms with Crippen molar-refractivity contribution in [1.82, 2.24) is 19.9 Å². The van der Waals surface area contributed by atoms with Gasteiger partial charge in [-0.2, -0.15) is 4.98 Å². The predicted octanol–water partition coefficient (Wildman–Crippen LogP) is 3.50. The molecule has 0 unspecified atom stereocenters. The molecule has 0 atom stereocenters. The highest BCUT2D eigenvalue weighted by Crippen LogP contribution is 2.32. The number of benzene rings is 1. The number of methoxy groups -OCH3 is 1. The molecule has 1 fully saturated rings. The zero-order valence-corrected chi connectivity index (χ0v) is 20.9. The topological polar surface area (TPSA) is 151 Å². The zero-order valence-electron chi connectivity index (χ0n) is 20.9. The first-order valence-electron chi connectivity index (χ1n) is 12.0. The Kier molecular flexibility index (Phi) is 6.64. The smallest absolute Gasteiger partial charge is 0.269 e. The average molecular weight is 519 g/mol. The molecule has 5 rings (SSSR count). The Morgan fingerprint density at radius 3 is 2.61 bits per heavy atom. The van der Waals surface area contributed by atoms with E-state index in [1.165, 1.54) is 7.11 Å². The van der Waals surface area contributed by atoms with Crippen LogP contribution in [0.2, 0.25) is 0 Å². The fraction of sp³-hybridized carbons (Fsp3) is 0.269. The number of primary amides is 1. The predicted molar refractivity (Wildman–Crippen MR) is 142 cm³/mol. The van der Waals surface area contributed by atoms with E-state index in [4.69, 9.17) is 10.5 Å². The maximum atomic E-state index is 14.7. The number of nitrogens with zero attached hydrogens (tertiary/aromatic N) is 5. The fourth-order valence-corrected chi connectivity index (χ4v) is 4.24. The molecule has 3 aromatic heterocycles. The highest BCUT2D eigenvalue weighted by molar-refractivity contribution is 6.00. The van der Waals surface area contributed by atoms with E-state index in [0.717, 1.165) is 11.6 Å². The quantitative estimate of drug-likeness (QED) is 0.286. The number of piperidine rings is 1. The van der Waals surface area contributed by atoms with Crippen molar-refractivity contribution in [3.05, 3.63) is 60.3 Å². The molecular formula is C26H27FN8O3. The number of amides is 1. The van der Waals surface area contributed by atoms with Crippen molar-refractivity contribution >= 4 is 45.8 Å². The molecule has 4 heterocycles. The number of hydrogen-bond donors (Lipinski definition) is 4. The van der Waals surface area contributed by atoms with Crippen LogP contribution in [0.1, 0.15) is 30.3 Å². The molecule has 0 bridgehead atoms. The number of nitrogens with one attached hydrogen (secondary N) is 2. The molecule has 1 saturated heterocycles. The van der Waals surface area contributed by atoms with Gasteiger partial charge in [-0.15, -0.1) is 0 Å². The van der Waals surface area contributed by atoms with Crippen molar-refractivity contribution in [2.24, 2.45) is 5.73 Å². The summed E-state index contributed by atoms with van der Waals surface area (Å²) < 4.78 is 20.2. The Morgan fingerprint density at radius 1 is 1.11 bits per heavy atom. The third-order valence-electron chi connectivity index (χ3n) is 6.44. The number of rotatable bonds is 7. The Morgan fingerprint density at radius 2 is 1.87 bits per heavy atom. The number of aromatic nitrogens is 4. The van der Waals surface area contributed by atoms with Crippen LogP contribution in [0.15, 0.2) is 48.8 Å². The Balaban J connectivity index is 1.40. The van der Waals surface area contributed by atoms with Crippen LogP contribution in [0.3, 0.4) is 0 Å². The first-order chi connectivity index (χ1) is 18.2. The van der Waals surface area contributed by atoms with E-state index >= 15 is 0 Å². The molecule has 0 radical (unpaired) electrons. The van der Waals surface area contributed by atoms with Crippen LogP contribution in [-0.2, 0) is 0 Å². The Bertz CT molecular complexity index is 1500. The van der Waals surface area contributed by atoms with Crippen LogP contribution < -0.4 is 26.0 Å². The molecule has 0 spiro atoms. The summed E-state index contributed by atoms with van der Waals surface area (Å²) >= 11 is 0. The number of hydrogen-bond acceptors (Lipinski definition) is 10. The van der Waals surface area contributed by atoms with Gasteiger partial charge in [0.1, 0.15) is 17.3 Å². The summed E-state index contributed by atoms with van der Waals surface area (Å²) in [5.41, 5.74) is 6.07. The summed E-state index contributed by atoms with van der Waals surface area (Å²) in [6.45, 7) is 3.17. The van der Waals surface area contributed by atoms with Crippen LogP contribution in [0.5, 0.6) is 5.75 Å². The highest BCUT2D eigenvalue weighted by atomic mass is 19.1. The van der Waals surface area contributed by atoms with Gasteiger partial charge >= 0.3 is 0 Å². The lowest BCUT2D eigenvalue weighted by molar-refractivity contribution is 0.0350. The molecule has 0 saturated carbocycles. The van der Waals surface area contributed by atoms with Gasteiger partial charge in [0.2, 0.25) is 5.95 Å². The second-order valence-corrected chi connectivity index (χ2v) is 9.31. The van der Waals surface area contributed by atoms with Crippen molar-refractivity contribution in [1.29, 1.82) is 0 Å². The number of fused-ring (bicyclic) bond motifs is 1. The highest BCUT2D eigenvalue weighted by Gasteiger charge is 2.28. The zero-order chi connectivity index (χ0) is 26.9. The van der Waals surface area contributed by atoms with Crippen molar-refractivity contribution in [2.45, 2.75) is 25.4 Å². The minimum Gasteiger partial charge on any atom is -0.494 e.